The molecule has 0 bridgehead atoms. The van der Waals surface area contributed by atoms with E-state index in [0.29, 0.717) is 43.3 Å². The van der Waals surface area contributed by atoms with E-state index >= 15 is 0 Å². The van der Waals surface area contributed by atoms with Crippen molar-refractivity contribution in [2.24, 2.45) is 0 Å². The molecule has 0 N–H and O–H groups in total. The summed E-state index contributed by atoms with van der Waals surface area (Å²) in [5, 5.41) is 0. The molecule has 12 nitrogen and oxygen atoms in total. The van der Waals surface area contributed by atoms with Gasteiger partial charge in [0.1, 0.15) is 31.4 Å². The van der Waals surface area contributed by atoms with E-state index in [0.717, 1.165) is 90.3 Å². The molecule has 5 rings (SSSR count). The second kappa shape index (κ2) is 19.7. The number of ether oxygens (including phenoxy) is 8. The van der Waals surface area contributed by atoms with E-state index in [1.165, 1.54) is 16.7 Å². The molecular formula is C43H58N2O10+2. The van der Waals surface area contributed by atoms with Gasteiger partial charge in [0.2, 0.25) is 0 Å². The molecule has 0 aliphatic carbocycles. The summed E-state index contributed by atoms with van der Waals surface area (Å²) < 4.78 is 45.8. The first-order valence-corrected chi connectivity index (χ1v) is 19.0. The van der Waals surface area contributed by atoms with Crippen LogP contribution >= 0.6 is 0 Å². The van der Waals surface area contributed by atoms with Crippen molar-refractivity contribution in [1.29, 1.82) is 0 Å². The predicted octanol–water partition coefficient (Wildman–Crippen LogP) is 5.49. The molecule has 2 aliphatic rings. The zero-order valence-electron chi connectivity index (χ0n) is 33.3. The number of nitrogens with zero attached hydrogens (tertiary/aromatic N) is 2. The van der Waals surface area contributed by atoms with Gasteiger partial charge in [-0.15, -0.1) is 0 Å². The van der Waals surface area contributed by atoms with Gasteiger partial charge in [-0.05, 0) is 53.6 Å². The van der Waals surface area contributed by atoms with Gasteiger partial charge in [0, 0.05) is 49.0 Å². The van der Waals surface area contributed by atoms with Crippen molar-refractivity contribution in [3.05, 3.63) is 89.0 Å². The number of carbonyl (C=O) groups excluding carboxylic acids is 2. The topological polar surface area (TPSA) is 108 Å². The smallest absolute Gasteiger partial charge is 0.331 e. The normalized spacial score (nSPS) is 18.9. The third kappa shape index (κ3) is 10.9. The second-order valence-electron chi connectivity index (χ2n) is 14.5. The van der Waals surface area contributed by atoms with Crippen LogP contribution in [0, 0.1) is 0 Å². The fourth-order valence-electron chi connectivity index (χ4n) is 7.87. The summed E-state index contributed by atoms with van der Waals surface area (Å²) in [6.07, 6.45) is 5.35. The summed E-state index contributed by atoms with van der Waals surface area (Å²) in [7, 11) is 10.5. The van der Waals surface area contributed by atoms with Gasteiger partial charge in [0.25, 0.3) is 0 Å². The van der Waals surface area contributed by atoms with Crippen molar-refractivity contribution < 1.29 is 56.5 Å². The minimum atomic E-state index is -0.567. The van der Waals surface area contributed by atoms with Crippen LogP contribution in [0.4, 0.5) is 0 Å². The van der Waals surface area contributed by atoms with Crippen LogP contribution in [0.15, 0.2) is 66.7 Å². The molecule has 3 aromatic rings. The van der Waals surface area contributed by atoms with Crippen molar-refractivity contribution in [3.63, 3.8) is 0 Å². The summed E-state index contributed by atoms with van der Waals surface area (Å²) in [6.45, 7) is 6.94. The number of morpholine rings is 1. The number of carbonyl (C=O) groups is 2. The summed E-state index contributed by atoms with van der Waals surface area (Å²) in [6, 6.07) is 18.6. The van der Waals surface area contributed by atoms with E-state index in [-0.39, 0.29) is 19.3 Å². The second-order valence-corrected chi connectivity index (χ2v) is 14.5. The first-order chi connectivity index (χ1) is 26.6. The van der Waals surface area contributed by atoms with Crippen LogP contribution in [-0.2, 0) is 43.2 Å². The molecule has 0 saturated carbocycles. The quantitative estimate of drug-likeness (QED) is 0.0674. The van der Waals surface area contributed by atoms with Gasteiger partial charge >= 0.3 is 11.9 Å². The summed E-state index contributed by atoms with van der Waals surface area (Å²) in [5.74, 6) is 2.53. The van der Waals surface area contributed by atoms with Gasteiger partial charge in [-0.25, -0.2) is 9.59 Å². The summed E-state index contributed by atoms with van der Waals surface area (Å²) >= 11 is 0. The number of rotatable bonds is 19. The number of hydrogen-bond acceptors (Lipinski definition) is 10. The van der Waals surface area contributed by atoms with Crippen molar-refractivity contribution >= 4 is 11.9 Å². The Balaban J connectivity index is 1.10. The lowest BCUT2D eigenvalue weighted by atomic mass is 9.86. The molecule has 2 aliphatic heterocycles. The lowest BCUT2D eigenvalue weighted by Crippen LogP contribution is -2.55. The van der Waals surface area contributed by atoms with Crippen molar-refractivity contribution in [3.8, 4) is 28.7 Å². The van der Waals surface area contributed by atoms with Gasteiger partial charge in [0.05, 0.1) is 88.7 Å². The Kier molecular flexibility index (Phi) is 14.8. The third-order valence-electron chi connectivity index (χ3n) is 11.1. The Morgan fingerprint density at radius 3 is 1.89 bits per heavy atom. The zero-order chi connectivity index (χ0) is 39.3. The Morgan fingerprint density at radius 1 is 0.691 bits per heavy atom. The minimum absolute atomic E-state index is 0.147. The highest BCUT2D eigenvalue weighted by Crippen LogP contribution is 2.42. The lowest BCUT2D eigenvalue weighted by Gasteiger charge is -2.46. The van der Waals surface area contributed by atoms with Crippen LogP contribution in [0.2, 0.25) is 0 Å². The molecule has 0 spiro atoms. The predicted molar refractivity (Wildman–Crippen MR) is 208 cm³/mol. The monoisotopic (exact) mass is 762 g/mol. The van der Waals surface area contributed by atoms with Gasteiger partial charge in [0.15, 0.2) is 23.0 Å². The SMILES string of the molecule is COc1ccc(C[C@@H]2c3cc(OC)c(OC)cc3CC[N@@+]2(C)CCCOC(=O)/C=C\C(=O)OCCC[N+]2(Cc3ccc(OC)c(OC)c3)CCOCC2)cc1. The van der Waals surface area contributed by atoms with Crippen LogP contribution < -0.4 is 23.7 Å². The number of benzene rings is 3. The Hall–Kier alpha value is -4.78. The molecule has 298 valence electrons. The number of esters is 2. The van der Waals surface area contributed by atoms with Gasteiger partial charge in [-0.2, -0.15) is 0 Å². The van der Waals surface area contributed by atoms with E-state index in [9.17, 15) is 9.59 Å². The number of fused-ring (bicyclic) bond motifs is 1. The van der Waals surface area contributed by atoms with Crippen molar-refractivity contribution in [2.75, 3.05) is 102 Å². The Labute approximate surface area is 325 Å². The number of likely N-dealkylation sites (N-methyl/N-ethyl adjacent to an activating group) is 1. The molecule has 55 heavy (non-hydrogen) atoms. The standard InChI is InChI=1S/C43H58N2O10/c1-44(20-17-34-29-40(51-5)41(52-6)30-36(34)37(44)27-32-9-12-35(48-2)13-10-32)18-7-23-54-42(46)15-16-43(47)55-24-8-19-45(21-25-53-26-22-45)31-33-11-14-38(49-3)39(28-33)50-4/h9-16,28-30,37H,7-8,17-27,31H2,1-6H3/q+2/b16-15-/t37-,44-/m1/s1. The molecule has 0 radical (unpaired) electrons. The largest absolute Gasteiger partial charge is 0.497 e. The number of quaternary nitrogens is 2. The molecule has 1 saturated heterocycles. The molecule has 12 heteroatoms. The van der Waals surface area contributed by atoms with Gasteiger partial charge in [-0.1, -0.05) is 12.1 Å². The minimum Gasteiger partial charge on any atom is -0.497 e. The zero-order valence-corrected chi connectivity index (χ0v) is 33.3. The Bertz CT molecular complexity index is 1750. The molecule has 3 aromatic carbocycles. The van der Waals surface area contributed by atoms with Crippen LogP contribution in [-0.4, -0.2) is 123 Å². The molecule has 0 amide bonds. The van der Waals surface area contributed by atoms with Crippen LogP contribution in [0.5, 0.6) is 28.7 Å². The first-order valence-electron chi connectivity index (χ1n) is 19.0. The first kappa shape index (κ1) is 41.4. The highest BCUT2D eigenvalue weighted by Gasteiger charge is 2.40. The molecule has 0 unspecified atom stereocenters. The molecule has 0 aromatic heterocycles. The van der Waals surface area contributed by atoms with E-state index < -0.39 is 11.9 Å². The van der Waals surface area contributed by atoms with E-state index in [1.54, 1.807) is 35.5 Å². The maximum Gasteiger partial charge on any atom is 0.331 e. The molecule has 2 heterocycles. The Morgan fingerprint density at radius 2 is 1.27 bits per heavy atom. The highest BCUT2D eigenvalue weighted by atomic mass is 16.5. The van der Waals surface area contributed by atoms with Gasteiger partial charge in [-0.3, -0.25) is 0 Å². The third-order valence-corrected chi connectivity index (χ3v) is 11.1. The number of hydrogen-bond donors (Lipinski definition) is 0. The maximum absolute atomic E-state index is 12.6. The van der Waals surface area contributed by atoms with E-state index in [2.05, 4.69) is 37.4 Å². The molecular weight excluding hydrogens is 704 g/mol. The average molecular weight is 763 g/mol. The summed E-state index contributed by atoms with van der Waals surface area (Å²) in [4.78, 5) is 25.1. The van der Waals surface area contributed by atoms with Crippen LogP contribution in [0.1, 0.15) is 41.1 Å². The number of methoxy groups -OCH3 is 5. The average Bonchev–Trinajstić information content (AvgIpc) is 3.21. The fraction of sp³-hybridized carbons (Fsp3) is 0.488. The van der Waals surface area contributed by atoms with Crippen molar-refractivity contribution in [1.82, 2.24) is 0 Å². The highest BCUT2D eigenvalue weighted by molar-refractivity contribution is 5.91. The van der Waals surface area contributed by atoms with Gasteiger partial charge < -0.3 is 46.9 Å². The lowest BCUT2D eigenvalue weighted by molar-refractivity contribution is -0.947. The van der Waals surface area contributed by atoms with E-state index in [1.807, 2.05) is 24.3 Å². The van der Waals surface area contributed by atoms with Crippen molar-refractivity contribution in [2.45, 2.75) is 38.3 Å². The summed E-state index contributed by atoms with van der Waals surface area (Å²) in [5.41, 5.74) is 4.84. The maximum atomic E-state index is 12.6. The molecule has 1 fully saturated rings. The fourth-order valence-corrected chi connectivity index (χ4v) is 7.87. The van der Waals surface area contributed by atoms with Crippen LogP contribution in [0.25, 0.3) is 0 Å². The van der Waals surface area contributed by atoms with Crippen LogP contribution in [0.3, 0.4) is 0 Å². The molecule has 2 atom stereocenters. The van der Waals surface area contributed by atoms with E-state index in [4.69, 9.17) is 37.9 Å².